The van der Waals surface area contributed by atoms with Crippen molar-refractivity contribution in [1.82, 2.24) is 15.2 Å². The normalized spacial score (nSPS) is 18.4. The number of pyridine rings is 1. The first kappa shape index (κ1) is 13.7. The zero-order chi connectivity index (χ0) is 14.7. The topological polar surface area (TPSA) is 103 Å². The Hall–Kier alpha value is -2.75. The second kappa shape index (κ2) is 5.48. The SMILES string of the molecule is CCC1C(=O)NC(=O)CN1C(=O)c1ccc(C#N)cn1. The first-order chi connectivity index (χ1) is 9.56. The molecule has 3 amide bonds. The van der Waals surface area contributed by atoms with E-state index in [0.717, 1.165) is 0 Å². The quantitative estimate of drug-likeness (QED) is 0.753. The van der Waals surface area contributed by atoms with Crippen LogP contribution in [0.2, 0.25) is 0 Å². The predicted octanol–water partition coefficient (Wildman–Crippen LogP) is -0.170. The van der Waals surface area contributed by atoms with Crippen molar-refractivity contribution in [3.8, 4) is 6.07 Å². The maximum atomic E-state index is 12.3. The summed E-state index contributed by atoms with van der Waals surface area (Å²) in [6, 6.07) is 4.09. The van der Waals surface area contributed by atoms with Crippen LogP contribution in [0.25, 0.3) is 0 Å². The molecule has 102 valence electrons. The van der Waals surface area contributed by atoms with E-state index in [1.54, 1.807) is 6.92 Å². The lowest BCUT2D eigenvalue weighted by molar-refractivity contribution is -0.138. The number of carbonyl (C=O) groups excluding carboxylic acids is 3. The molecule has 1 aromatic heterocycles. The van der Waals surface area contributed by atoms with Crippen molar-refractivity contribution in [2.24, 2.45) is 0 Å². The van der Waals surface area contributed by atoms with E-state index >= 15 is 0 Å². The molecule has 2 heterocycles. The number of rotatable bonds is 2. The van der Waals surface area contributed by atoms with Crippen molar-refractivity contribution >= 4 is 17.7 Å². The summed E-state index contributed by atoms with van der Waals surface area (Å²) < 4.78 is 0. The molecule has 0 aromatic carbocycles. The average molecular weight is 272 g/mol. The molecule has 1 aliphatic rings. The Balaban J connectivity index is 2.27. The van der Waals surface area contributed by atoms with Crippen LogP contribution >= 0.6 is 0 Å². The minimum absolute atomic E-state index is 0.102. The van der Waals surface area contributed by atoms with Crippen LogP contribution in [-0.2, 0) is 9.59 Å². The van der Waals surface area contributed by atoms with Crippen molar-refractivity contribution in [3.05, 3.63) is 29.6 Å². The minimum Gasteiger partial charge on any atom is -0.316 e. The van der Waals surface area contributed by atoms with Crippen molar-refractivity contribution in [3.63, 3.8) is 0 Å². The summed E-state index contributed by atoms with van der Waals surface area (Å²) >= 11 is 0. The van der Waals surface area contributed by atoms with Crippen LogP contribution in [0, 0.1) is 11.3 Å². The average Bonchev–Trinajstić information content (AvgIpc) is 2.46. The van der Waals surface area contributed by atoms with Gasteiger partial charge in [0.2, 0.25) is 11.8 Å². The van der Waals surface area contributed by atoms with Gasteiger partial charge in [0, 0.05) is 6.20 Å². The zero-order valence-corrected chi connectivity index (χ0v) is 10.8. The number of nitrogens with zero attached hydrogens (tertiary/aromatic N) is 3. The summed E-state index contributed by atoms with van der Waals surface area (Å²) in [4.78, 5) is 40.5. The van der Waals surface area contributed by atoms with Crippen LogP contribution in [0.4, 0.5) is 0 Å². The van der Waals surface area contributed by atoms with Gasteiger partial charge in [0.15, 0.2) is 0 Å². The number of hydrogen-bond acceptors (Lipinski definition) is 5. The third kappa shape index (κ3) is 2.49. The van der Waals surface area contributed by atoms with Crippen molar-refractivity contribution < 1.29 is 14.4 Å². The second-order valence-corrected chi connectivity index (χ2v) is 4.31. The molecule has 1 aliphatic heterocycles. The number of aromatic nitrogens is 1. The Morgan fingerprint density at radius 2 is 2.30 bits per heavy atom. The molecule has 0 bridgehead atoms. The third-order valence-corrected chi connectivity index (χ3v) is 3.01. The van der Waals surface area contributed by atoms with Gasteiger partial charge in [-0.15, -0.1) is 0 Å². The maximum Gasteiger partial charge on any atom is 0.273 e. The largest absolute Gasteiger partial charge is 0.316 e. The van der Waals surface area contributed by atoms with Crippen LogP contribution in [-0.4, -0.2) is 40.2 Å². The number of nitrogens with one attached hydrogen (secondary N) is 1. The van der Waals surface area contributed by atoms with E-state index in [0.29, 0.717) is 12.0 Å². The van der Waals surface area contributed by atoms with Crippen molar-refractivity contribution in [2.75, 3.05) is 6.54 Å². The van der Waals surface area contributed by atoms with E-state index < -0.39 is 23.8 Å². The number of imide groups is 1. The number of carbonyl (C=O) groups is 3. The fourth-order valence-corrected chi connectivity index (χ4v) is 2.02. The summed E-state index contributed by atoms with van der Waals surface area (Å²) in [5.74, 6) is -1.49. The third-order valence-electron chi connectivity index (χ3n) is 3.01. The lowest BCUT2D eigenvalue weighted by Crippen LogP contribution is -2.59. The molecule has 2 rings (SSSR count). The van der Waals surface area contributed by atoms with E-state index in [4.69, 9.17) is 5.26 Å². The van der Waals surface area contributed by atoms with Gasteiger partial charge < -0.3 is 4.90 Å². The van der Waals surface area contributed by atoms with Gasteiger partial charge in [-0.1, -0.05) is 6.92 Å². The van der Waals surface area contributed by atoms with Gasteiger partial charge >= 0.3 is 0 Å². The van der Waals surface area contributed by atoms with Crippen LogP contribution in [0.15, 0.2) is 18.3 Å². The molecule has 0 aliphatic carbocycles. The van der Waals surface area contributed by atoms with Crippen LogP contribution in [0.3, 0.4) is 0 Å². The van der Waals surface area contributed by atoms with Gasteiger partial charge in [-0.3, -0.25) is 19.7 Å². The minimum atomic E-state index is -0.683. The van der Waals surface area contributed by atoms with Gasteiger partial charge in [0.25, 0.3) is 5.91 Å². The summed E-state index contributed by atoms with van der Waals surface area (Å²) in [6.07, 6.45) is 1.68. The molecule has 0 radical (unpaired) electrons. The number of nitriles is 1. The molecule has 20 heavy (non-hydrogen) atoms. The zero-order valence-electron chi connectivity index (χ0n) is 10.8. The smallest absolute Gasteiger partial charge is 0.273 e. The lowest BCUT2D eigenvalue weighted by Gasteiger charge is -2.33. The van der Waals surface area contributed by atoms with Crippen LogP contribution < -0.4 is 5.32 Å². The van der Waals surface area contributed by atoms with Gasteiger partial charge in [-0.2, -0.15) is 5.26 Å². The molecule has 1 atom stereocenters. The summed E-state index contributed by atoms with van der Waals surface area (Å²) in [5, 5.41) is 10.9. The van der Waals surface area contributed by atoms with Gasteiger partial charge in [0.05, 0.1) is 5.56 Å². The van der Waals surface area contributed by atoms with E-state index in [1.165, 1.54) is 23.2 Å². The van der Waals surface area contributed by atoms with Crippen LogP contribution in [0.5, 0.6) is 0 Å². The van der Waals surface area contributed by atoms with E-state index in [1.807, 2.05) is 6.07 Å². The second-order valence-electron chi connectivity index (χ2n) is 4.31. The number of amides is 3. The highest BCUT2D eigenvalue weighted by Crippen LogP contribution is 2.13. The van der Waals surface area contributed by atoms with Gasteiger partial charge in [0.1, 0.15) is 24.3 Å². The molecule has 0 saturated carbocycles. The fraction of sp³-hybridized carbons (Fsp3) is 0.308. The molecule has 1 unspecified atom stereocenters. The molecular formula is C13H12N4O3. The Kier molecular flexibility index (Phi) is 3.75. The predicted molar refractivity (Wildman–Crippen MR) is 67.2 cm³/mol. The Morgan fingerprint density at radius 1 is 1.55 bits per heavy atom. The maximum absolute atomic E-state index is 12.3. The number of hydrogen-bond donors (Lipinski definition) is 1. The number of piperazine rings is 1. The Labute approximate surface area is 115 Å². The highest BCUT2D eigenvalue weighted by atomic mass is 16.2. The van der Waals surface area contributed by atoms with E-state index in [9.17, 15) is 14.4 Å². The first-order valence-electron chi connectivity index (χ1n) is 6.07. The van der Waals surface area contributed by atoms with Gasteiger partial charge in [-0.05, 0) is 18.6 Å². The Morgan fingerprint density at radius 3 is 2.85 bits per heavy atom. The standard InChI is InChI=1S/C13H12N4O3/c1-2-10-12(19)16-11(18)7-17(10)13(20)9-4-3-8(5-14)6-15-9/h3-4,6,10H,2,7H2,1H3,(H,16,18,19). The molecule has 1 fully saturated rings. The molecule has 1 N–H and O–H groups in total. The summed E-state index contributed by atoms with van der Waals surface area (Å²) in [5.41, 5.74) is 0.436. The fourth-order valence-electron chi connectivity index (χ4n) is 2.02. The first-order valence-corrected chi connectivity index (χ1v) is 6.07. The highest BCUT2D eigenvalue weighted by molar-refractivity contribution is 6.06. The lowest BCUT2D eigenvalue weighted by atomic mass is 10.1. The summed E-state index contributed by atoms with van der Waals surface area (Å²) in [6.45, 7) is 1.58. The molecule has 0 spiro atoms. The van der Waals surface area contributed by atoms with Crippen LogP contribution in [0.1, 0.15) is 29.4 Å². The molecule has 7 nitrogen and oxygen atoms in total. The van der Waals surface area contributed by atoms with E-state index in [2.05, 4.69) is 10.3 Å². The molecule has 7 heteroatoms. The van der Waals surface area contributed by atoms with Crippen molar-refractivity contribution in [1.29, 1.82) is 5.26 Å². The highest BCUT2D eigenvalue weighted by Gasteiger charge is 2.36. The Bertz CT molecular complexity index is 603. The molecular weight excluding hydrogens is 260 g/mol. The molecule has 1 aromatic rings. The molecule has 1 saturated heterocycles. The van der Waals surface area contributed by atoms with E-state index in [-0.39, 0.29) is 12.2 Å². The monoisotopic (exact) mass is 272 g/mol. The van der Waals surface area contributed by atoms with Crippen molar-refractivity contribution in [2.45, 2.75) is 19.4 Å². The summed E-state index contributed by atoms with van der Waals surface area (Å²) in [7, 11) is 0. The van der Waals surface area contributed by atoms with Gasteiger partial charge in [-0.25, -0.2) is 4.98 Å².